The van der Waals surface area contributed by atoms with Crippen LogP contribution < -0.4 is 0 Å². The second-order valence-electron chi connectivity index (χ2n) is 3.75. The van der Waals surface area contributed by atoms with Gasteiger partial charge in [-0.25, -0.2) is 15.0 Å². The van der Waals surface area contributed by atoms with Crippen LogP contribution in [0.5, 0.6) is 0 Å². The standard InChI is InChI=1S/C12H9ClN4/c1-7-6-10(13)17-12(16-7)9-3-5-15-11-8(9)2-4-14-11/h2-6H,1H3,(H,14,15). The summed E-state index contributed by atoms with van der Waals surface area (Å²) < 4.78 is 0. The molecule has 0 unspecified atom stereocenters. The predicted octanol–water partition coefficient (Wildman–Crippen LogP) is 2.98. The molecular formula is C12H9ClN4. The van der Waals surface area contributed by atoms with Gasteiger partial charge >= 0.3 is 0 Å². The molecule has 0 aliphatic heterocycles. The van der Waals surface area contributed by atoms with Crippen molar-refractivity contribution in [2.45, 2.75) is 6.92 Å². The van der Waals surface area contributed by atoms with Crippen LogP contribution in [0.4, 0.5) is 0 Å². The third-order valence-corrected chi connectivity index (χ3v) is 2.72. The SMILES string of the molecule is Cc1cc(Cl)nc(-c2ccnc3[nH]ccc23)n1. The monoisotopic (exact) mass is 244 g/mol. The Bertz CT molecular complexity index is 670. The van der Waals surface area contributed by atoms with Gasteiger partial charge in [0, 0.05) is 29.0 Å². The van der Waals surface area contributed by atoms with Gasteiger partial charge in [0.2, 0.25) is 0 Å². The number of aromatic nitrogens is 4. The van der Waals surface area contributed by atoms with E-state index in [9.17, 15) is 0 Å². The number of halogens is 1. The average Bonchev–Trinajstić information content (AvgIpc) is 2.75. The fourth-order valence-corrected chi connectivity index (χ4v) is 2.04. The van der Waals surface area contributed by atoms with E-state index in [4.69, 9.17) is 11.6 Å². The molecule has 0 saturated carbocycles. The predicted molar refractivity (Wildman–Crippen MR) is 66.9 cm³/mol. The van der Waals surface area contributed by atoms with Crippen LogP contribution in [0.1, 0.15) is 5.69 Å². The molecule has 0 amide bonds. The summed E-state index contributed by atoms with van der Waals surface area (Å²) in [6.07, 6.45) is 3.58. The first-order valence-electron chi connectivity index (χ1n) is 5.18. The molecule has 0 bridgehead atoms. The van der Waals surface area contributed by atoms with E-state index in [1.807, 2.05) is 25.3 Å². The Hall–Kier alpha value is -1.94. The quantitative estimate of drug-likeness (QED) is 0.670. The molecule has 0 fully saturated rings. The minimum atomic E-state index is 0.452. The van der Waals surface area contributed by atoms with Crippen molar-refractivity contribution in [1.29, 1.82) is 0 Å². The molecule has 5 heteroatoms. The highest BCUT2D eigenvalue weighted by molar-refractivity contribution is 6.29. The van der Waals surface area contributed by atoms with Crippen molar-refractivity contribution >= 4 is 22.6 Å². The Labute approximate surface area is 103 Å². The zero-order valence-corrected chi connectivity index (χ0v) is 9.86. The van der Waals surface area contributed by atoms with Gasteiger partial charge in [0.25, 0.3) is 0 Å². The van der Waals surface area contributed by atoms with Crippen molar-refractivity contribution < 1.29 is 0 Å². The fourth-order valence-electron chi connectivity index (χ4n) is 1.81. The lowest BCUT2D eigenvalue weighted by atomic mass is 10.2. The van der Waals surface area contributed by atoms with Gasteiger partial charge in [-0.1, -0.05) is 11.6 Å². The first-order chi connectivity index (χ1) is 8.24. The highest BCUT2D eigenvalue weighted by Gasteiger charge is 2.09. The summed E-state index contributed by atoms with van der Waals surface area (Å²) in [5.41, 5.74) is 2.60. The number of hydrogen-bond donors (Lipinski definition) is 1. The summed E-state index contributed by atoms with van der Waals surface area (Å²) in [5.74, 6) is 0.627. The molecule has 17 heavy (non-hydrogen) atoms. The van der Waals surface area contributed by atoms with Gasteiger partial charge in [0.05, 0.1) is 0 Å². The third-order valence-electron chi connectivity index (χ3n) is 2.52. The second kappa shape index (κ2) is 3.82. The molecule has 0 aliphatic carbocycles. The van der Waals surface area contributed by atoms with Crippen LogP contribution in [0.3, 0.4) is 0 Å². The smallest absolute Gasteiger partial charge is 0.161 e. The van der Waals surface area contributed by atoms with Gasteiger partial charge in [-0.15, -0.1) is 0 Å². The van der Waals surface area contributed by atoms with Gasteiger partial charge in [-0.05, 0) is 25.1 Å². The molecule has 3 aromatic rings. The largest absolute Gasteiger partial charge is 0.346 e. The van der Waals surface area contributed by atoms with Crippen molar-refractivity contribution in [1.82, 2.24) is 19.9 Å². The number of hydrogen-bond acceptors (Lipinski definition) is 3. The van der Waals surface area contributed by atoms with E-state index >= 15 is 0 Å². The first-order valence-corrected chi connectivity index (χ1v) is 5.55. The molecule has 3 aromatic heterocycles. The number of H-pyrrole nitrogens is 1. The minimum absolute atomic E-state index is 0.452. The molecule has 0 aliphatic rings. The molecule has 0 radical (unpaired) electrons. The molecule has 1 N–H and O–H groups in total. The second-order valence-corrected chi connectivity index (χ2v) is 4.14. The summed E-state index contributed by atoms with van der Waals surface area (Å²) in [6, 6.07) is 5.58. The number of nitrogens with zero attached hydrogens (tertiary/aromatic N) is 3. The van der Waals surface area contributed by atoms with Crippen LogP contribution in [0, 0.1) is 6.92 Å². The van der Waals surface area contributed by atoms with Gasteiger partial charge in [-0.2, -0.15) is 0 Å². The number of nitrogens with one attached hydrogen (secondary N) is 1. The highest BCUT2D eigenvalue weighted by Crippen LogP contribution is 2.25. The molecule has 0 atom stereocenters. The molecule has 0 spiro atoms. The van der Waals surface area contributed by atoms with E-state index in [1.165, 1.54) is 0 Å². The van der Waals surface area contributed by atoms with Crippen LogP contribution in [0.25, 0.3) is 22.4 Å². The van der Waals surface area contributed by atoms with Crippen molar-refractivity contribution in [3.8, 4) is 11.4 Å². The molecule has 84 valence electrons. The summed E-state index contributed by atoms with van der Waals surface area (Å²) in [7, 11) is 0. The van der Waals surface area contributed by atoms with E-state index in [-0.39, 0.29) is 0 Å². The summed E-state index contributed by atoms with van der Waals surface area (Å²) >= 11 is 5.95. The fraction of sp³-hybridized carbons (Fsp3) is 0.0833. The van der Waals surface area contributed by atoms with Crippen LogP contribution in [-0.4, -0.2) is 19.9 Å². The van der Waals surface area contributed by atoms with Crippen molar-refractivity contribution in [2.75, 3.05) is 0 Å². The van der Waals surface area contributed by atoms with Crippen molar-refractivity contribution in [3.05, 3.63) is 41.4 Å². The van der Waals surface area contributed by atoms with Crippen LogP contribution >= 0.6 is 11.6 Å². The Balaban J connectivity index is 2.30. The van der Waals surface area contributed by atoms with Crippen LogP contribution in [0.2, 0.25) is 5.15 Å². The normalized spacial score (nSPS) is 10.9. The van der Waals surface area contributed by atoms with E-state index in [0.717, 1.165) is 22.3 Å². The molecule has 4 nitrogen and oxygen atoms in total. The van der Waals surface area contributed by atoms with Crippen molar-refractivity contribution in [2.24, 2.45) is 0 Å². The van der Waals surface area contributed by atoms with E-state index < -0.39 is 0 Å². The summed E-state index contributed by atoms with van der Waals surface area (Å²) in [5, 5.41) is 1.45. The number of rotatable bonds is 1. The van der Waals surface area contributed by atoms with Crippen LogP contribution in [-0.2, 0) is 0 Å². The van der Waals surface area contributed by atoms with Crippen LogP contribution in [0.15, 0.2) is 30.6 Å². The minimum Gasteiger partial charge on any atom is -0.346 e. The Kier molecular flexibility index (Phi) is 2.30. The maximum absolute atomic E-state index is 5.95. The van der Waals surface area contributed by atoms with Gasteiger partial charge in [0.15, 0.2) is 5.82 Å². The average molecular weight is 245 g/mol. The Morgan fingerprint density at radius 2 is 2.12 bits per heavy atom. The zero-order valence-electron chi connectivity index (χ0n) is 9.11. The van der Waals surface area contributed by atoms with Crippen molar-refractivity contribution in [3.63, 3.8) is 0 Å². The van der Waals surface area contributed by atoms with E-state index in [2.05, 4.69) is 19.9 Å². The summed E-state index contributed by atoms with van der Waals surface area (Å²) in [6.45, 7) is 1.90. The van der Waals surface area contributed by atoms with E-state index in [1.54, 1.807) is 12.3 Å². The van der Waals surface area contributed by atoms with E-state index in [0.29, 0.717) is 11.0 Å². The Morgan fingerprint density at radius 1 is 1.24 bits per heavy atom. The first kappa shape index (κ1) is 10.2. The van der Waals surface area contributed by atoms with Gasteiger partial charge in [-0.3, -0.25) is 0 Å². The number of aryl methyl sites for hydroxylation is 1. The number of pyridine rings is 1. The molecule has 0 aromatic carbocycles. The van der Waals surface area contributed by atoms with Gasteiger partial charge < -0.3 is 4.98 Å². The summed E-state index contributed by atoms with van der Waals surface area (Å²) in [4.78, 5) is 15.9. The number of aromatic amines is 1. The molecule has 0 saturated heterocycles. The third kappa shape index (κ3) is 1.76. The topological polar surface area (TPSA) is 54.5 Å². The zero-order chi connectivity index (χ0) is 11.8. The highest BCUT2D eigenvalue weighted by atomic mass is 35.5. The Morgan fingerprint density at radius 3 is 2.94 bits per heavy atom. The lowest BCUT2D eigenvalue weighted by molar-refractivity contribution is 1.11. The van der Waals surface area contributed by atoms with Gasteiger partial charge in [0.1, 0.15) is 10.8 Å². The molecule has 3 heterocycles. The molecular weight excluding hydrogens is 236 g/mol. The lowest BCUT2D eigenvalue weighted by Gasteiger charge is -2.03. The number of fused-ring (bicyclic) bond motifs is 1. The molecule has 3 rings (SSSR count). The maximum Gasteiger partial charge on any atom is 0.161 e. The maximum atomic E-state index is 5.95. The lowest BCUT2D eigenvalue weighted by Crippen LogP contribution is -1.93.